The highest BCUT2D eigenvalue weighted by atomic mass is 19.1. The summed E-state index contributed by atoms with van der Waals surface area (Å²) in [6.07, 6.45) is 9.81. The molecular formula is C23H28FN3O2. The first kappa shape index (κ1) is 18.8. The zero-order chi connectivity index (χ0) is 20.2. The number of hydrogen-bond acceptors (Lipinski definition) is 3. The van der Waals surface area contributed by atoms with Gasteiger partial charge in [-0.15, -0.1) is 0 Å². The van der Waals surface area contributed by atoms with Crippen LogP contribution in [0.4, 0.5) is 4.39 Å². The van der Waals surface area contributed by atoms with Crippen molar-refractivity contribution in [2.24, 2.45) is 24.3 Å². The van der Waals surface area contributed by atoms with Crippen LogP contribution in [0, 0.1) is 23.1 Å². The molecule has 0 unspecified atom stereocenters. The Labute approximate surface area is 170 Å². The number of benzene rings is 1. The van der Waals surface area contributed by atoms with E-state index in [1.54, 1.807) is 18.3 Å². The topological polar surface area (TPSA) is 67.2 Å². The molecule has 4 bridgehead atoms. The molecule has 1 heterocycles. The van der Waals surface area contributed by atoms with Crippen molar-refractivity contribution in [3.05, 3.63) is 53.9 Å². The van der Waals surface area contributed by atoms with Crippen LogP contribution >= 0.6 is 0 Å². The number of aryl methyl sites for hydroxylation is 1. The largest absolute Gasteiger partial charge is 0.390 e. The Morgan fingerprint density at radius 2 is 1.97 bits per heavy atom. The molecule has 29 heavy (non-hydrogen) atoms. The molecule has 154 valence electrons. The van der Waals surface area contributed by atoms with Gasteiger partial charge in [0.2, 0.25) is 5.91 Å². The van der Waals surface area contributed by atoms with Crippen LogP contribution in [0.3, 0.4) is 0 Å². The molecule has 0 aliphatic heterocycles. The summed E-state index contributed by atoms with van der Waals surface area (Å²) in [6, 6.07) is 5.78. The van der Waals surface area contributed by atoms with E-state index in [4.69, 9.17) is 0 Å². The van der Waals surface area contributed by atoms with E-state index in [1.807, 2.05) is 17.8 Å². The smallest absolute Gasteiger partial charge is 0.221 e. The summed E-state index contributed by atoms with van der Waals surface area (Å²) in [6.45, 7) is 0. The maximum atomic E-state index is 13.4. The van der Waals surface area contributed by atoms with Crippen molar-refractivity contribution in [1.29, 1.82) is 0 Å². The average Bonchev–Trinajstić information content (AvgIpc) is 3.03. The third-order valence-corrected chi connectivity index (χ3v) is 7.31. The van der Waals surface area contributed by atoms with Crippen LogP contribution < -0.4 is 5.32 Å². The number of carbonyl (C=O) groups is 1. The van der Waals surface area contributed by atoms with Gasteiger partial charge in [-0.3, -0.25) is 4.79 Å². The number of halogens is 1. The number of amides is 1. The van der Waals surface area contributed by atoms with Gasteiger partial charge in [0.25, 0.3) is 0 Å². The van der Waals surface area contributed by atoms with Gasteiger partial charge in [-0.05, 0) is 73.5 Å². The number of rotatable bonds is 5. The van der Waals surface area contributed by atoms with E-state index in [2.05, 4.69) is 10.3 Å². The molecule has 4 fully saturated rings. The fourth-order valence-corrected chi connectivity index (χ4v) is 6.77. The summed E-state index contributed by atoms with van der Waals surface area (Å²) in [7, 11) is 1.89. The Balaban J connectivity index is 1.37. The molecule has 1 aromatic heterocycles. The summed E-state index contributed by atoms with van der Waals surface area (Å²) in [5.41, 5.74) is 0.149. The first-order valence-electron chi connectivity index (χ1n) is 10.6. The van der Waals surface area contributed by atoms with E-state index < -0.39 is 11.6 Å². The van der Waals surface area contributed by atoms with E-state index in [0.717, 1.165) is 37.7 Å². The standard InChI is InChI=1S/C23H28FN3O2/c1-27-7-6-25-21(27)20(17-2-4-18(24)5-3-17)26-19(28)13-22-9-15-8-16(10-22)12-23(29,11-15)14-22/h2-7,15-16,20,29H,8-14H2,1H3,(H,26,28)/t15-,16-,20-,22?,23?/m1/s1. The Hall–Kier alpha value is -2.21. The number of hydrogen-bond donors (Lipinski definition) is 2. The van der Waals surface area contributed by atoms with Gasteiger partial charge in [-0.1, -0.05) is 12.1 Å². The van der Waals surface area contributed by atoms with E-state index in [9.17, 15) is 14.3 Å². The van der Waals surface area contributed by atoms with Gasteiger partial charge < -0.3 is 15.0 Å². The fraction of sp³-hybridized carbons (Fsp3) is 0.565. The van der Waals surface area contributed by atoms with Crippen molar-refractivity contribution in [2.45, 2.75) is 56.6 Å². The van der Waals surface area contributed by atoms with E-state index in [1.165, 1.54) is 18.6 Å². The Morgan fingerprint density at radius 1 is 1.28 bits per heavy atom. The highest BCUT2D eigenvalue weighted by Crippen LogP contribution is 2.62. The zero-order valence-corrected chi connectivity index (χ0v) is 16.8. The van der Waals surface area contributed by atoms with Gasteiger partial charge in [-0.25, -0.2) is 9.37 Å². The van der Waals surface area contributed by atoms with Crippen LogP contribution in [-0.4, -0.2) is 26.2 Å². The lowest BCUT2D eigenvalue weighted by Crippen LogP contribution is -2.56. The summed E-state index contributed by atoms with van der Waals surface area (Å²) >= 11 is 0. The van der Waals surface area contributed by atoms with Crippen molar-refractivity contribution >= 4 is 5.91 Å². The molecule has 6 rings (SSSR count). The van der Waals surface area contributed by atoms with Gasteiger partial charge in [0.1, 0.15) is 17.7 Å². The summed E-state index contributed by atoms with van der Waals surface area (Å²) < 4.78 is 15.3. The SMILES string of the molecule is Cn1ccnc1[C@H](NC(=O)CC12C[C@H]3C[C@@H](CC(O)(C3)C1)C2)c1ccc(F)cc1. The third-order valence-electron chi connectivity index (χ3n) is 7.31. The Morgan fingerprint density at radius 3 is 2.55 bits per heavy atom. The molecule has 0 saturated heterocycles. The second-order valence-electron chi connectivity index (χ2n) is 9.81. The number of nitrogens with one attached hydrogen (secondary N) is 1. The maximum absolute atomic E-state index is 13.4. The van der Waals surface area contributed by atoms with Gasteiger partial charge in [0.05, 0.1) is 5.60 Å². The maximum Gasteiger partial charge on any atom is 0.221 e. The number of nitrogens with zero attached hydrogens (tertiary/aromatic N) is 2. The molecule has 2 aromatic rings. The second-order valence-corrected chi connectivity index (χ2v) is 9.81. The number of carbonyl (C=O) groups excluding carboxylic acids is 1. The predicted octanol–water partition coefficient (Wildman–Crippen LogP) is 3.49. The number of aliphatic hydroxyl groups is 1. The highest BCUT2D eigenvalue weighted by Gasteiger charge is 2.57. The molecule has 0 radical (unpaired) electrons. The molecule has 1 amide bonds. The van der Waals surface area contributed by atoms with Gasteiger partial charge >= 0.3 is 0 Å². The van der Waals surface area contributed by atoms with Gasteiger partial charge in [0.15, 0.2) is 0 Å². The molecule has 2 N–H and O–H groups in total. The van der Waals surface area contributed by atoms with Gasteiger partial charge in [-0.2, -0.15) is 0 Å². The Bertz CT molecular complexity index is 908. The highest BCUT2D eigenvalue weighted by molar-refractivity contribution is 5.77. The van der Waals surface area contributed by atoms with Crippen LogP contribution in [0.25, 0.3) is 0 Å². The molecule has 3 atom stereocenters. The predicted molar refractivity (Wildman–Crippen MR) is 106 cm³/mol. The summed E-state index contributed by atoms with van der Waals surface area (Å²) in [5.74, 6) is 1.50. The van der Waals surface area contributed by atoms with Crippen LogP contribution in [0.5, 0.6) is 0 Å². The third kappa shape index (κ3) is 3.48. The van der Waals surface area contributed by atoms with Crippen LogP contribution in [0.1, 0.15) is 62.4 Å². The van der Waals surface area contributed by atoms with Crippen molar-refractivity contribution in [3.63, 3.8) is 0 Å². The molecule has 0 spiro atoms. The fourth-order valence-electron chi connectivity index (χ4n) is 6.77. The van der Waals surface area contributed by atoms with E-state index in [0.29, 0.717) is 24.1 Å². The quantitative estimate of drug-likeness (QED) is 0.812. The number of imidazole rings is 1. The Kier molecular flexibility index (Phi) is 4.32. The summed E-state index contributed by atoms with van der Waals surface area (Å²) in [4.78, 5) is 17.6. The lowest BCUT2D eigenvalue weighted by molar-refractivity contribution is -0.169. The average molecular weight is 397 g/mol. The van der Waals surface area contributed by atoms with Crippen LogP contribution in [0.15, 0.2) is 36.7 Å². The van der Waals surface area contributed by atoms with E-state index in [-0.39, 0.29) is 17.1 Å². The van der Waals surface area contributed by atoms with Crippen molar-refractivity contribution in [3.8, 4) is 0 Å². The molecule has 6 heteroatoms. The first-order valence-corrected chi connectivity index (χ1v) is 10.6. The molecule has 4 aliphatic carbocycles. The zero-order valence-electron chi connectivity index (χ0n) is 16.8. The lowest BCUT2D eigenvalue weighted by Gasteiger charge is -2.60. The minimum Gasteiger partial charge on any atom is -0.390 e. The second kappa shape index (κ2) is 6.66. The summed E-state index contributed by atoms with van der Waals surface area (Å²) in [5, 5.41) is 14.1. The van der Waals surface area contributed by atoms with Crippen molar-refractivity contribution in [1.82, 2.24) is 14.9 Å². The van der Waals surface area contributed by atoms with Gasteiger partial charge in [0, 0.05) is 25.9 Å². The molecule has 5 nitrogen and oxygen atoms in total. The van der Waals surface area contributed by atoms with Crippen LogP contribution in [-0.2, 0) is 11.8 Å². The molecule has 4 aliphatic rings. The molecule has 4 saturated carbocycles. The van der Waals surface area contributed by atoms with Crippen LogP contribution in [0.2, 0.25) is 0 Å². The monoisotopic (exact) mass is 397 g/mol. The first-order chi connectivity index (χ1) is 13.8. The molecule has 1 aromatic carbocycles. The lowest BCUT2D eigenvalue weighted by atomic mass is 9.47. The van der Waals surface area contributed by atoms with Crippen molar-refractivity contribution < 1.29 is 14.3 Å². The van der Waals surface area contributed by atoms with E-state index >= 15 is 0 Å². The minimum atomic E-state index is -0.569. The minimum absolute atomic E-state index is 0.0205. The number of aromatic nitrogens is 2. The normalized spacial score (nSPS) is 33.6. The molecular weight excluding hydrogens is 369 g/mol. The van der Waals surface area contributed by atoms with Crippen molar-refractivity contribution in [2.75, 3.05) is 0 Å².